The Morgan fingerprint density at radius 3 is 2.69 bits per heavy atom. The van der Waals surface area contributed by atoms with E-state index in [4.69, 9.17) is 0 Å². The van der Waals surface area contributed by atoms with Gasteiger partial charge in [-0.15, -0.1) is 17.9 Å². The summed E-state index contributed by atoms with van der Waals surface area (Å²) in [4.78, 5) is 0. The molecule has 1 aromatic heterocycles. The van der Waals surface area contributed by atoms with Crippen molar-refractivity contribution in [2.24, 2.45) is 0 Å². The summed E-state index contributed by atoms with van der Waals surface area (Å²) < 4.78 is 2.37. The number of hydrogen-bond acceptors (Lipinski definition) is 2. The van der Waals surface area contributed by atoms with Crippen molar-refractivity contribution in [3.63, 3.8) is 0 Å². The molecule has 1 rings (SSSR count). The first-order valence-corrected chi connectivity index (χ1v) is 7.77. The van der Waals surface area contributed by atoms with Gasteiger partial charge in [0.25, 0.3) is 0 Å². The zero-order chi connectivity index (χ0) is 12.1. The highest BCUT2D eigenvalue weighted by molar-refractivity contribution is 9.12. The van der Waals surface area contributed by atoms with Crippen LogP contribution in [0.5, 0.6) is 0 Å². The van der Waals surface area contributed by atoms with Crippen LogP contribution < -0.4 is 5.32 Å². The van der Waals surface area contributed by atoms with Crippen LogP contribution in [-0.4, -0.2) is 6.54 Å². The Morgan fingerprint density at radius 2 is 2.25 bits per heavy atom. The Labute approximate surface area is 119 Å². The van der Waals surface area contributed by atoms with Crippen LogP contribution in [0.15, 0.2) is 25.8 Å². The van der Waals surface area contributed by atoms with Gasteiger partial charge in [0.2, 0.25) is 0 Å². The molecule has 0 aliphatic rings. The lowest BCUT2D eigenvalue weighted by Gasteiger charge is -2.18. The maximum atomic E-state index is 4.00. The summed E-state index contributed by atoms with van der Waals surface area (Å²) >= 11 is 8.86. The van der Waals surface area contributed by atoms with E-state index < -0.39 is 0 Å². The fraction of sp³-hybridized carbons (Fsp3) is 0.500. The quantitative estimate of drug-likeness (QED) is 0.675. The van der Waals surface area contributed by atoms with E-state index in [1.807, 2.05) is 0 Å². The average Bonchev–Trinajstić information content (AvgIpc) is 2.52. The fourth-order valence-corrected chi connectivity index (χ4v) is 4.52. The first-order valence-electron chi connectivity index (χ1n) is 5.37. The van der Waals surface area contributed by atoms with E-state index in [2.05, 4.69) is 63.7 Å². The highest BCUT2D eigenvalue weighted by atomic mass is 79.9. The van der Waals surface area contributed by atoms with Crippen molar-refractivity contribution in [2.75, 3.05) is 6.54 Å². The lowest BCUT2D eigenvalue weighted by molar-refractivity contribution is 0.528. The molecule has 0 fully saturated rings. The second-order valence-corrected chi connectivity index (χ2v) is 7.70. The predicted molar refractivity (Wildman–Crippen MR) is 80.2 cm³/mol. The highest BCUT2D eigenvalue weighted by Gasteiger charge is 2.16. The normalized spacial score (nSPS) is 12.8. The van der Waals surface area contributed by atoms with Gasteiger partial charge in [-0.05, 0) is 69.8 Å². The number of nitrogens with one attached hydrogen (secondary N) is 1. The van der Waals surface area contributed by atoms with E-state index in [0.29, 0.717) is 6.04 Å². The molecule has 0 amide bonds. The number of halogens is 2. The molecule has 4 heteroatoms. The molecule has 0 saturated heterocycles. The summed E-state index contributed by atoms with van der Waals surface area (Å²) in [6, 6.07) is 2.56. The Hall–Kier alpha value is 0.360. The van der Waals surface area contributed by atoms with Crippen molar-refractivity contribution >= 4 is 43.2 Å². The molecule has 1 aromatic rings. The highest BCUT2D eigenvalue weighted by Crippen LogP contribution is 2.37. The first kappa shape index (κ1) is 14.4. The molecular formula is C12H17Br2NS. The summed E-state index contributed by atoms with van der Waals surface area (Å²) in [5.74, 6) is 0. The lowest BCUT2D eigenvalue weighted by atomic mass is 10.0. The van der Waals surface area contributed by atoms with Crippen LogP contribution in [0.1, 0.15) is 38.3 Å². The van der Waals surface area contributed by atoms with Gasteiger partial charge in [-0.3, -0.25) is 0 Å². The Kier molecular flexibility index (Phi) is 6.26. The largest absolute Gasteiger partial charge is 0.310 e. The third-order valence-corrected chi connectivity index (χ3v) is 4.64. The van der Waals surface area contributed by atoms with Crippen LogP contribution in [0.3, 0.4) is 0 Å². The molecule has 0 aromatic carbocycles. The van der Waals surface area contributed by atoms with Gasteiger partial charge in [0.1, 0.15) is 0 Å². The topological polar surface area (TPSA) is 12.0 Å². The fourth-order valence-electron chi connectivity index (χ4n) is 1.55. The molecule has 0 spiro atoms. The van der Waals surface area contributed by atoms with Crippen molar-refractivity contribution < 1.29 is 0 Å². The van der Waals surface area contributed by atoms with E-state index in [1.54, 1.807) is 11.3 Å². The summed E-state index contributed by atoms with van der Waals surface area (Å²) in [7, 11) is 0. The van der Waals surface area contributed by atoms with Crippen molar-refractivity contribution in [1.29, 1.82) is 0 Å². The molecule has 1 nitrogen and oxygen atoms in total. The zero-order valence-corrected chi connectivity index (χ0v) is 13.6. The molecule has 16 heavy (non-hydrogen) atoms. The predicted octanol–water partition coefficient (Wildman–Crippen LogP) is 5.28. The molecule has 90 valence electrons. The van der Waals surface area contributed by atoms with E-state index in [-0.39, 0.29) is 0 Å². The molecule has 1 heterocycles. The zero-order valence-electron chi connectivity index (χ0n) is 9.65. The van der Waals surface area contributed by atoms with E-state index in [0.717, 1.165) is 19.4 Å². The van der Waals surface area contributed by atoms with E-state index in [9.17, 15) is 0 Å². The molecule has 1 unspecified atom stereocenters. The summed E-state index contributed by atoms with van der Waals surface area (Å²) in [6.07, 6.45) is 2.14. The Balaban J connectivity index is 2.82. The Morgan fingerprint density at radius 1 is 1.56 bits per heavy atom. The van der Waals surface area contributed by atoms with Crippen LogP contribution in [0, 0.1) is 0 Å². The molecular weight excluding hydrogens is 350 g/mol. The van der Waals surface area contributed by atoms with Gasteiger partial charge in [0.15, 0.2) is 0 Å². The molecule has 1 N–H and O–H groups in total. The monoisotopic (exact) mass is 365 g/mol. The average molecular weight is 367 g/mol. The van der Waals surface area contributed by atoms with Crippen LogP contribution in [0.2, 0.25) is 0 Å². The van der Waals surface area contributed by atoms with Gasteiger partial charge in [0.05, 0.1) is 7.57 Å². The molecule has 0 radical (unpaired) electrons. The van der Waals surface area contributed by atoms with Gasteiger partial charge in [0, 0.05) is 6.04 Å². The second-order valence-electron chi connectivity index (χ2n) is 3.95. The number of thiophene rings is 1. The smallest absolute Gasteiger partial charge is 0.0758 e. The maximum Gasteiger partial charge on any atom is 0.0758 e. The van der Waals surface area contributed by atoms with Crippen LogP contribution in [0.25, 0.3) is 0 Å². The van der Waals surface area contributed by atoms with E-state index in [1.165, 1.54) is 18.7 Å². The third kappa shape index (κ3) is 4.32. The van der Waals surface area contributed by atoms with Crippen LogP contribution in [0.4, 0.5) is 0 Å². The summed E-state index contributed by atoms with van der Waals surface area (Å²) in [6.45, 7) is 9.30. The number of hydrogen-bond donors (Lipinski definition) is 1. The van der Waals surface area contributed by atoms with Crippen molar-refractivity contribution in [2.45, 2.75) is 32.7 Å². The lowest BCUT2D eigenvalue weighted by Crippen LogP contribution is -2.22. The standard InChI is InChI=1S/C12H17Br2NS/c1-4-5-15-10(6-8(2)3)9-7-11(13)16-12(9)14/h7,10,15H,2,4-6H2,1,3H3. The SMILES string of the molecule is C=C(C)CC(NCCC)c1cc(Br)sc1Br. The molecule has 0 aliphatic heterocycles. The van der Waals surface area contributed by atoms with Crippen molar-refractivity contribution in [1.82, 2.24) is 5.32 Å². The van der Waals surface area contributed by atoms with Crippen LogP contribution >= 0.6 is 43.2 Å². The van der Waals surface area contributed by atoms with Gasteiger partial charge in [-0.25, -0.2) is 0 Å². The minimum absolute atomic E-state index is 0.370. The van der Waals surface area contributed by atoms with Crippen LogP contribution in [-0.2, 0) is 0 Å². The molecule has 0 saturated carbocycles. The Bertz CT molecular complexity index is 360. The van der Waals surface area contributed by atoms with Crippen molar-refractivity contribution in [3.05, 3.63) is 31.4 Å². The number of rotatable bonds is 6. The minimum atomic E-state index is 0.370. The van der Waals surface area contributed by atoms with Gasteiger partial charge in [-0.2, -0.15) is 0 Å². The summed E-state index contributed by atoms with van der Waals surface area (Å²) in [5, 5.41) is 3.57. The molecule has 0 aliphatic carbocycles. The maximum absolute atomic E-state index is 4.00. The van der Waals surface area contributed by atoms with E-state index >= 15 is 0 Å². The molecule has 1 atom stereocenters. The molecule has 0 bridgehead atoms. The minimum Gasteiger partial charge on any atom is -0.310 e. The van der Waals surface area contributed by atoms with Gasteiger partial charge < -0.3 is 5.32 Å². The van der Waals surface area contributed by atoms with Crippen molar-refractivity contribution in [3.8, 4) is 0 Å². The van der Waals surface area contributed by atoms with Gasteiger partial charge in [-0.1, -0.05) is 12.5 Å². The third-order valence-electron chi connectivity index (χ3n) is 2.25. The first-order chi connectivity index (χ1) is 7.54. The second kappa shape index (κ2) is 6.94. The van der Waals surface area contributed by atoms with Gasteiger partial charge >= 0.3 is 0 Å². The summed E-state index contributed by atoms with van der Waals surface area (Å²) in [5.41, 5.74) is 2.54.